The summed E-state index contributed by atoms with van der Waals surface area (Å²) in [6, 6.07) is 3.29. The maximum absolute atomic E-state index is 11.5. The van der Waals surface area contributed by atoms with Crippen molar-refractivity contribution in [1.82, 2.24) is 4.98 Å². The van der Waals surface area contributed by atoms with E-state index in [1.807, 2.05) is 0 Å². The minimum Gasteiger partial charge on any atom is -0.469 e. The number of methoxy groups -OCH3 is 1. The molecular formula is C10H12N2O3. The molecule has 0 unspecified atom stereocenters. The van der Waals surface area contributed by atoms with E-state index >= 15 is 0 Å². The molecule has 0 fully saturated rings. The molecule has 1 aromatic heterocycles. The third-order valence-electron chi connectivity index (χ3n) is 1.86. The highest BCUT2D eigenvalue weighted by atomic mass is 16.5. The normalized spacial score (nSPS) is 9.73. The number of nitrogens with two attached hydrogens (primary N) is 1. The fraction of sp³-hybridized carbons (Fsp3) is 0.300. The second-order valence-electron chi connectivity index (χ2n) is 3.07. The van der Waals surface area contributed by atoms with E-state index in [9.17, 15) is 9.59 Å². The number of ether oxygens (including phenoxy) is 1. The number of pyridine rings is 1. The Bertz CT molecular complexity index is 402. The number of Topliss-reactive ketones (excluding diaryl/α,β-unsaturated/α-hetero) is 1. The standard InChI is InChI=1S/C10H12N2O3/c1-6-3-4-7(11)10(12-6)8(13)5-9(14)15-2/h3-4H,5,11H2,1-2H3. The molecule has 2 N–H and O–H groups in total. The Labute approximate surface area is 87.3 Å². The summed E-state index contributed by atoms with van der Waals surface area (Å²) >= 11 is 0. The molecule has 1 rings (SSSR count). The molecule has 0 aliphatic heterocycles. The van der Waals surface area contributed by atoms with Gasteiger partial charge in [0.05, 0.1) is 12.8 Å². The first-order valence-corrected chi connectivity index (χ1v) is 4.37. The fourth-order valence-corrected chi connectivity index (χ4v) is 1.08. The Hall–Kier alpha value is -1.91. The number of ketones is 1. The zero-order valence-electron chi connectivity index (χ0n) is 8.61. The van der Waals surface area contributed by atoms with E-state index in [-0.39, 0.29) is 17.8 Å². The molecule has 5 heteroatoms. The van der Waals surface area contributed by atoms with Gasteiger partial charge in [0.25, 0.3) is 0 Å². The summed E-state index contributed by atoms with van der Waals surface area (Å²) in [5.74, 6) is -1.02. The highest BCUT2D eigenvalue weighted by Crippen LogP contribution is 2.12. The summed E-state index contributed by atoms with van der Waals surface area (Å²) in [6.45, 7) is 1.74. The maximum atomic E-state index is 11.5. The highest BCUT2D eigenvalue weighted by molar-refractivity contribution is 6.07. The Kier molecular flexibility index (Phi) is 3.38. The monoisotopic (exact) mass is 208 g/mol. The molecule has 1 heterocycles. The van der Waals surface area contributed by atoms with Gasteiger partial charge in [-0.15, -0.1) is 0 Å². The SMILES string of the molecule is COC(=O)CC(=O)c1nc(C)ccc1N. The molecule has 15 heavy (non-hydrogen) atoms. The quantitative estimate of drug-likeness (QED) is 0.449. The molecule has 0 saturated carbocycles. The van der Waals surface area contributed by atoms with Gasteiger partial charge < -0.3 is 10.5 Å². The smallest absolute Gasteiger partial charge is 0.313 e. The maximum Gasteiger partial charge on any atom is 0.313 e. The molecule has 0 aliphatic rings. The van der Waals surface area contributed by atoms with Gasteiger partial charge in [0.2, 0.25) is 0 Å². The summed E-state index contributed by atoms with van der Waals surface area (Å²) in [5.41, 5.74) is 6.65. The van der Waals surface area contributed by atoms with Crippen LogP contribution in [-0.2, 0) is 9.53 Å². The number of hydrogen-bond donors (Lipinski definition) is 1. The van der Waals surface area contributed by atoms with Crippen LogP contribution in [0, 0.1) is 6.92 Å². The lowest BCUT2D eigenvalue weighted by molar-refractivity contribution is -0.139. The van der Waals surface area contributed by atoms with Gasteiger partial charge in [-0.05, 0) is 19.1 Å². The zero-order chi connectivity index (χ0) is 11.4. The van der Waals surface area contributed by atoms with Crippen molar-refractivity contribution in [3.05, 3.63) is 23.5 Å². The summed E-state index contributed by atoms with van der Waals surface area (Å²) in [5, 5.41) is 0. The van der Waals surface area contributed by atoms with Crippen LogP contribution in [0.1, 0.15) is 22.6 Å². The Balaban J connectivity index is 2.91. The lowest BCUT2D eigenvalue weighted by atomic mass is 10.1. The molecule has 1 aromatic rings. The molecule has 0 saturated heterocycles. The molecule has 0 spiro atoms. The molecule has 0 amide bonds. The van der Waals surface area contributed by atoms with Gasteiger partial charge in [-0.2, -0.15) is 0 Å². The number of anilines is 1. The number of aromatic nitrogens is 1. The van der Waals surface area contributed by atoms with Gasteiger partial charge in [0.15, 0.2) is 5.78 Å². The molecular weight excluding hydrogens is 196 g/mol. The van der Waals surface area contributed by atoms with Crippen molar-refractivity contribution in [1.29, 1.82) is 0 Å². The predicted octanol–water partition coefficient (Wildman–Crippen LogP) is 0.718. The van der Waals surface area contributed by atoms with Gasteiger partial charge in [0.1, 0.15) is 12.1 Å². The number of nitrogen functional groups attached to an aromatic ring is 1. The Morgan fingerprint density at radius 1 is 1.47 bits per heavy atom. The second-order valence-corrected chi connectivity index (χ2v) is 3.07. The van der Waals surface area contributed by atoms with Crippen LogP contribution in [0.3, 0.4) is 0 Å². The average molecular weight is 208 g/mol. The van der Waals surface area contributed by atoms with E-state index in [2.05, 4.69) is 9.72 Å². The minimum absolute atomic E-state index is 0.125. The predicted molar refractivity (Wildman–Crippen MR) is 54.3 cm³/mol. The summed E-state index contributed by atoms with van der Waals surface area (Å²) in [6.07, 6.45) is -0.336. The van der Waals surface area contributed by atoms with E-state index in [1.54, 1.807) is 19.1 Å². The van der Waals surface area contributed by atoms with E-state index < -0.39 is 11.8 Å². The van der Waals surface area contributed by atoms with Gasteiger partial charge in [-0.3, -0.25) is 9.59 Å². The van der Waals surface area contributed by atoms with Gasteiger partial charge in [-0.1, -0.05) is 0 Å². The van der Waals surface area contributed by atoms with Crippen LogP contribution in [0.2, 0.25) is 0 Å². The van der Waals surface area contributed by atoms with E-state index in [1.165, 1.54) is 7.11 Å². The Morgan fingerprint density at radius 2 is 2.13 bits per heavy atom. The van der Waals surface area contributed by atoms with Crippen LogP contribution < -0.4 is 5.73 Å². The fourth-order valence-electron chi connectivity index (χ4n) is 1.08. The number of aryl methyl sites for hydroxylation is 1. The van der Waals surface area contributed by atoms with E-state index in [0.717, 1.165) is 0 Å². The van der Waals surface area contributed by atoms with Gasteiger partial charge >= 0.3 is 5.97 Å². The molecule has 0 atom stereocenters. The first-order valence-electron chi connectivity index (χ1n) is 4.37. The van der Waals surface area contributed by atoms with Crippen LogP contribution in [0.5, 0.6) is 0 Å². The molecule has 0 aliphatic carbocycles. The number of nitrogens with zero attached hydrogens (tertiary/aromatic N) is 1. The molecule has 0 aromatic carbocycles. The van der Waals surface area contributed by atoms with Crippen molar-refractivity contribution in [2.45, 2.75) is 13.3 Å². The van der Waals surface area contributed by atoms with Crippen LogP contribution >= 0.6 is 0 Å². The number of hydrogen-bond acceptors (Lipinski definition) is 5. The van der Waals surface area contributed by atoms with Crippen molar-refractivity contribution in [2.75, 3.05) is 12.8 Å². The largest absolute Gasteiger partial charge is 0.469 e. The van der Waals surface area contributed by atoms with Crippen LogP contribution in [0.25, 0.3) is 0 Å². The van der Waals surface area contributed by atoms with Crippen molar-refractivity contribution in [3.8, 4) is 0 Å². The first-order chi connectivity index (χ1) is 7.04. The summed E-state index contributed by atoms with van der Waals surface area (Å²) in [4.78, 5) is 26.4. The van der Waals surface area contributed by atoms with Crippen LogP contribution in [0.4, 0.5) is 5.69 Å². The average Bonchev–Trinajstić information content (AvgIpc) is 2.21. The summed E-state index contributed by atoms with van der Waals surface area (Å²) in [7, 11) is 1.22. The Morgan fingerprint density at radius 3 is 2.73 bits per heavy atom. The lowest BCUT2D eigenvalue weighted by Crippen LogP contribution is -2.13. The lowest BCUT2D eigenvalue weighted by Gasteiger charge is -2.03. The second kappa shape index (κ2) is 4.54. The minimum atomic E-state index is -0.595. The molecule has 0 bridgehead atoms. The van der Waals surface area contributed by atoms with E-state index in [4.69, 9.17) is 5.73 Å². The number of rotatable bonds is 3. The number of esters is 1. The van der Waals surface area contributed by atoms with Crippen LogP contribution in [0.15, 0.2) is 12.1 Å². The highest BCUT2D eigenvalue weighted by Gasteiger charge is 2.16. The zero-order valence-corrected chi connectivity index (χ0v) is 8.61. The third-order valence-corrected chi connectivity index (χ3v) is 1.86. The van der Waals surface area contributed by atoms with Crippen molar-refractivity contribution >= 4 is 17.4 Å². The van der Waals surface area contributed by atoms with Gasteiger partial charge in [-0.25, -0.2) is 4.98 Å². The molecule has 0 radical (unpaired) electrons. The third kappa shape index (κ3) is 2.77. The van der Waals surface area contributed by atoms with Gasteiger partial charge in [0, 0.05) is 5.69 Å². The summed E-state index contributed by atoms with van der Waals surface area (Å²) < 4.78 is 4.38. The van der Waals surface area contributed by atoms with Crippen molar-refractivity contribution < 1.29 is 14.3 Å². The molecule has 5 nitrogen and oxygen atoms in total. The first kappa shape index (κ1) is 11.2. The van der Waals surface area contributed by atoms with E-state index in [0.29, 0.717) is 5.69 Å². The topological polar surface area (TPSA) is 82.3 Å². The molecule has 80 valence electrons. The number of carbonyl (C=O) groups is 2. The van der Waals surface area contributed by atoms with Crippen molar-refractivity contribution in [2.24, 2.45) is 0 Å². The number of carbonyl (C=O) groups excluding carboxylic acids is 2. The van der Waals surface area contributed by atoms with Crippen LogP contribution in [-0.4, -0.2) is 23.8 Å². The van der Waals surface area contributed by atoms with Crippen molar-refractivity contribution in [3.63, 3.8) is 0 Å².